The maximum atomic E-state index is 14.2. The molecule has 1 amide bonds. The third-order valence-electron chi connectivity index (χ3n) is 6.32. The summed E-state index contributed by atoms with van der Waals surface area (Å²) >= 11 is 6.04. The van der Waals surface area contributed by atoms with Gasteiger partial charge in [-0.25, -0.2) is 4.39 Å². The Morgan fingerprint density at radius 2 is 2.06 bits per heavy atom. The number of anilines is 1. The SMILES string of the molecule is Cc1cc(F)cc(-n2nccn2)c1C(=O)N1CCC[C@@H](C)[C@H]1CNc1nc2ccc(Cl)cc2o1. The topological polar surface area (TPSA) is 89.1 Å². The zero-order valence-corrected chi connectivity index (χ0v) is 19.6. The number of amides is 1. The fourth-order valence-electron chi connectivity index (χ4n) is 4.62. The number of likely N-dealkylation sites (tertiary alicyclic amines) is 1. The van der Waals surface area contributed by atoms with Gasteiger partial charge in [-0.1, -0.05) is 18.5 Å². The molecule has 1 saturated heterocycles. The molecule has 0 aliphatic carbocycles. The van der Waals surface area contributed by atoms with Crippen LogP contribution in [0.3, 0.4) is 0 Å². The van der Waals surface area contributed by atoms with E-state index in [1.807, 2.05) is 4.90 Å². The average Bonchev–Trinajstić information content (AvgIpc) is 3.47. The highest BCUT2D eigenvalue weighted by Gasteiger charge is 2.34. The van der Waals surface area contributed by atoms with Crippen molar-refractivity contribution in [3.8, 4) is 5.69 Å². The zero-order valence-electron chi connectivity index (χ0n) is 18.8. The van der Waals surface area contributed by atoms with Crippen molar-refractivity contribution in [1.82, 2.24) is 24.9 Å². The Labute approximate surface area is 200 Å². The van der Waals surface area contributed by atoms with Crippen LogP contribution in [0.4, 0.5) is 10.4 Å². The molecule has 1 aliphatic heterocycles. The molecule has 10 heteroatoms. The molecule has 1 N–H and O–H groups in total. The molecule has 5 rings (SSSR count). The van der Waals surface area contributed by atoms with Gasteiger partial charge < -0.3 is 14.6 Å². The van der Waals surface area contributed by atoms with Crippen molar-refractivity contribution in [2.24, 2.45) is 5.92 Å². The van der Waals surface area contributed by atoms with Crippen molar-refractivity contribution >= 4 is 34.6 Å². The molecule has 0 radical (unpaired) electrons. The zero-order chi connectivity index (χ0) is 23.8. The van der Waals surface area contributed by atoms with E-state index in [0.29, 0.717) is 52.0 Å². The van der Waals surface area contributed by atoms with Gasteiger partial charge in [0.05, 0.1) is 24.0 Å². The number of fused-ring (bicyclic) bond motifs is 1. The van der Waals surface area contributed by atoms with Gasteiger partial charge in [0, 0.05) is 30.2 Å². The standard InChI is InChI=1S/C24H24ClFN6O2/c1-14-4-3-9-31(20(14)13-27-24-30-18-6-5-16(25)11-21(18)34-24)23(33)22-15(2)10-17(26)12-19(22)32-28-7-8-29-32/h5-8,10-12,14,20H,3-4,9,13H2,1-2H3,(H,27,30)/t14-,20-/m1/s1. The Kier molecular flexibility index (Phi) is 5.95. The number of piperidine rings is 1. The number of nitrogens with one attached hydrogen (secondary N) is 1. The van der Waals surface area contributed by atoms with Gasteiger partial charge in [0.25, 0.3) is 11.9 Å². The van der Waals surface area contributed by atoms with E-state index in [0.717, 1.165) is 12.8 Å². The molecule has 3 heterocycles. The molecule has 1 aliphatic rings. The van der Waals surface area contributed by atoms with E-state index in [1.165, 1.54) is 29.3 Å². The fourth-order valence-corrected chi connectivity index (χ4v) is 4.79. The largest absolute Gasteiger partial charge is 0.424 e. The predicted octanol–water partition coefficient (Wildman–Crippen LogP) is 4.86. The number of carbonyl (C=O) groups excluding carboxylic acids is 1. The number of aryl methyl sites for hydroxylation is 1. The van der Waals surface area contributed by atoms with Crippen molar-refractivity contribution < 1.29 is 13.6 Å². The van der Waals surface area contributed by atoms with Gasteiger partial charge in [0.2, 0.25) is 0 Å². The van der Waals surface area contributed by atoms with Crippen LogP contribution >= 0.6 is 11.6 Å². The molecule has 2 aromatic heterocycles. The Balaban J connectivity index is 1.43. The fraction of sp³-hybridized carbons (Fsp3) is 0.333. The number of hydrogen-bond donors (Lipinski definition) is 1. The second-order valence-corrected chi connectivity index (χ2v) is 9.07. The average molecular weight is 483 g/mol. The highest BCUT2D eigenvalue weighted by molar-refractivity contribution is 6.31. The summed E-state index contributed by atoms with van der Waals surface area (Å²) in [5.41, 5.74) is 2.56. The van der Waals surface area contributed by atoms with Gasteiger partial charge in [0.1, 0.15) is 17.0 Å². The van der Waals surface area contributed by atoms with Crippen LogP contribution in [0.2, 0.25) is 5.02 Å². The maximum absolute atomic E-state index is 14.2. The summed E-state index contributed by atoms with van der Waals surface area (Å²) in [5.74, 6) is -0.369. The van der Waals surface area contributed by atoms with Crippen molar-refractivity contribution in [3.63, 3.8) is 0 Å². The normalized spacial score (nSPS) is 18.4. The van der Waals surface area contributed by atoms with Crippen molar-refractivity contribution in [2.75, 3.05) is 18.4 Å². The first-order valence-electron chi connectivity index (χ1n) is 11.2. The molecule has 8 nitrogen and oxygen atoms in total. The van der Waals surface area contributed by atoms with E-state index in [2.05, 4.69) is 27.4 Å². The van der Waals surface area contributed by atoms with Crippen LogP contribution in [0, 0.1) is 18.7 Å². The quantitative estimate of drug-likeness (QED) is 0.437. The number of aromatic nitrogens is 4. The van der Waals surface area contributed by atoms with E-state index in [-0.39, 0.29) is 17.9 Å². The van der Waals surface area contributed by atoms with Crippen molar-refractivity contribution in [2.45, 2.75) is 32.7 Å². The molecule has 0 unspecified atom stereocenters. The van der Waals surface area contributed by atoms with Crippen LogP contribution in [-0.2, 0) is 0 Å². The van der Waals surface area contributed by atoms with Crippen LogP contribution in [0.1, 0.15) is 35.7 Å². The van der Waals surface area contributed by atoms with Crippen LogP contribution in [0.15, 0.2) is 47.1 Å². The van der Waals surface area contributed by atoms with Gasteiger partial charge in [-0.05, 0) is 49.4 Å². The van der Waals surface area contributed by atoms with Crippen molar-refractivity contribution in [3.05, 3.63) is 64.7 Å². The molecule has 1 fully saturated rings. The number of halogens is 2. The number of carbonyl (C=O) groups is 1. The molecule has 4 aromatic rings. The number of rotatable bonds is 5. The lowest BCUT2D eigenvalue weighted by atomic mass is 9.89. The second-order valence-electron chi connectivity index (χ2n) is 8.63. The molecule has 34 heavy (non-hydrogen) atoms. The van der Waals surface area contributed by atoms with Crippen molar-refractivity contribution in [1.29, 1.82) is 0 Å². The first-order chi connectivity index (χ1) is 16.4. The third kappa shape index (κ3) is 4.23. The summed E-state index contributed by atoms with van der Waals surface area (Å²) in [4.78, 5) is 21.4. The molecular weight excluding hydrogens is 459 g/mol. The lowest BCUT2D eigenvalue weighted by molar-refractivity contribution is 0.0538. The van der Waals surface area contributed by atoms with Gasteiger partial charge in [-0.15, -0.1) is 0 Å². The monoisotopic (exact) mass is 482 g/mol. The predicted molar refractivity (Wildman–Crippen MR) is 127 cm³/mol. The smallest absolute Gasteiger partial charge is 0.295 e. The highest BCUT2D eigenvalue weighted by Crippen LogP contribution is 2.29. The van der Waals surface area contributed by atoms with E-state index >= 15 is 0 Å². The van der Waals surface area contributed by atoms with E-state index in [9.17, 15) is 9.18 Å². The third-order valence-corrected chi connectivity index (χ3v) is 6.55. The Bertz CT molecular complexity index is 1340. The van der Waals surface area contributed by atoms with Gasteiger partial charge in [-0.2, -0.15) is 20.0 Å². The molecule has 2 aromatic carbocycles. The van der Waals surface area contributed by atoms with Crippen LogP contribution in [0.25, 0.3) is 16.8 Å². The highest BCUT2D eigenvalue weighted by atomic mass is 35.5. The molecule has 0 spiro atoms. The molecule has 2 atom stereocenters. The summed E-state index contributed by atoms with van der Waals surface area (Å²) in [5, 5.41) is 12.1. The Morgan fingerprint density at radius 3 is 2.85 bits per heavy atom. The minimum absolute atomic E-state index is 0.109. The van der Waals surface area contributed by atoms with E-state index < -0.39 is 5.82 Å². The van der Waals surface area contributed by atoms with E-state index in [1.54, 1.807) is 25.1 Å². The first-order valence-corrected chi connectivity index (χ1v) is 11.6. The van der Waals surface area contributed by atoms with Crippen LogP contribution in [-0.4, -0.2) is 49.9 Å². The van der Waals surface area contributed by atoms with E-state index in [4.69, 9.17) is 16.0 Å². The Hall–Kier alpha value is -3.46. The molecule has 176 valence electrons. The van der Waals surface area contributed by atoms with Gasteiger partial charge in [0.15, 0.2) is 5.58 Å². The molecule has 0 bridgehead atoms. The summed E-state index contributed by atoms with van der Waals surface area (Å²) < 4.78 is 20.0. The number of nitrogens with zero attached hydrogens (tertiary/aromatic N) is 5. The summed E-state index contributed by atoms with van der Waals surface area (Å²) in [6, 6.07) is 8.21. The van der Waals surface area contributed by atoms with Gasteiger partial charge in [-0.3, -0.25) is 4.79 Å². The molecule has 0 saturated carbocycles. The lowest BCUT2D eigenvalue weighted by Crippen LogP contribution is -2.51. The number of hydrogen-bond acceptors (Lipinski definition) is 6. The lowest BCUT2D eigenvalue weighted by Gasteiger charge is -2.40. The maximum Gasteiger partial charge on any atom is 0.295 e. The summed E-state index contributed by atoms with van der Waals surface area (Å²) in [6.45, 7) is 4.92. The second kappa shape index (κ2) is 9.06. The minimum atomic E-state index is -0.442. The minimum Gasteiger partial charge on any atom is -0.424 e. The summed E-state index contributed by atoms with van der Waals surface area (Å²) in [6.07, 6.45) is 4.88. The summed E-state index contributed by atoms with van der Waals surface area (Å²) in [7, 11) is 0. The van der Waals surface area contributed by atoms with Crippen LogP contribution in [0.5, 0.6) is 0 Å². The Morgan fingerprint density at radius 1 is 1.26 bits per heavy atom. The molecular formula is C24H24ClFN6O2. The van der Waals surface area contributed by atoms with Crippen LogP contribution < -0.4 is 5.32 Å². The first kappa shape index (κ1) is 22.3. The van der Waals surface area contributed by atoms with Gasteiger partial charge >= 0.3 is 0 Å². The number of oxazole rings is 1. The number of benzene rings is 2.